The summed E-state index contributed by atoms with van der Waals surface area (Å²) in [7, 11) is 0. The van der Waals surface area contributed by atoms with Gasteiger partial charge in [-0.2, -0.15) is 47.0 Å². The van der Waals surface area contributed by atoms with Crippen molar-refractivity contribution in [2.75, 3.05) is 125 Å². The van der Waals surface area contributed by atoms with Gasteiger partial charge < -0.3 is 58.3 Å². The summed E-state index contributed by atoms with van der Waals surface area (Å²) in [4.78, 5) is 51.7. The van der Waals surface area contributed by atoms with E-state index in [0.29, 0.717) is 72.5 Å². The first-order chi connectivity index (χ1) is 29.4. The van der Waals surface area contributed by atoms with Crippen molar-refractivity contribution in [1.29, 1.82) is 0 Å². The number of aliphatic hydroxyl groups excluding tert-OH is 4. The number of rotatable bonds is 44. The van der Waals surface area contributed by atoms with Crippen LogP contribution in [0.1, 0.15) is 25.7 Å². The Morgan fingerprint density at radius 2 is 0.639 bits per heavy atom. The molecule has 0 rings (SSSR count). The largest absolute Gasteiger partial charge is 0.465 e. The first-order valence-electron chi connectivity index (χ1n) is 19.8. The third-order valence-corrected chi connectivity index (χ3v) is 11.8. The zero-order valence-electron chi connectivity index (χ0n) is 35.2. The second kappa shape index (κ2) is 40.7. The van der Waals surface area contributed by atoms with Crippen molar-refractivity contribution in [2.45, 2.75) is 50.1 Å². The van der Waals surface area contributed by atoms with Crippen molar-refractivity contribution < 1.29 is 77.5 Å². The van der Waals surface area contributed by atoms with Crippen LogP contribution in [0.15, 0.2) is 50.6 Å². The molecule has 16 nitrogen and oxygen atoms in total. The van der Waals surface area contributed by atoms with Crippen LogP contribution >= 0.6 is 47.0 Å². The molecule has 4 atom stereocenters. The lowest BCUT2D eigenvalue weighted by Crippen LogP contribution is -2.44. The zero-order valence-corrected chi connectivity index (χ0v) is 38.5. The maximum absolute atomic E-state index is 12.9. The molecule has 0 aliphatic carbocycles. The Labute approximate surface area is 378 Å². The summed E-state index contributed by atoms with van der Waals surface area (Å²) in [5.74, 6) is 0.0429. The molecule has 0 aliphatic rings. The van der Waals surface area contributed by atoms with E-state index in [1.807, 2.05) is 0 Å². The minimum absolute atomic E-state index is 0.0363. The summed E-state index contributed by atoms with van der Waals surface area (Å²) in [5, 5.41) is 40.3. The van der Waals surface area contributed by atoms with E-state index in [0.717, 1.165) is 0 Å². The minimum Gasteiger partial charge on any atom is -0.465 e. The number of ether oxygens (including phenoxy) is 8. The second-order valence-corrected chi connectivity index (χ2v) is 18.0. The molecule has 0 aromatic rings. The molecule has 4 N–H and O–H groups in total. The highest BCUT2D eigenvalue weighted by molar-refractivity contribution is 7.99. The quantitative estimate of drug-likeness (QED) is 0.0298. The number of thioether (sulfide) groups is 4. The molecule has 0 spiro atoms. The Morgan fingerprint density at radius 1 is 0.426 bits per heavy atom. The van der Waals surface area contributed by atoms with Gasteiger partial charge >= 0.3 is 23.9 Å². The highest BCUT2D eigenvalue weighted by atomic mass is 32.2. The predicted octanol–water partition coefficient (Wildman–Crippen LogP) is 2.89. The predicted molar refractivity (Wildman–Crippen MR) is 242 cm³/mol. The minimum atomic E-state index is -1.49. The molecule has 0 fully saturated rings. The van der Waals surface area contributed by atoms with Gasteiger partial charge in [-0.3, -0.25) is 19.2 Å². The maximum Gasteiger partial charge on any atom is 0.306 e. The molecule has 0 heterocycles. The maximum atomic E-state index is 12.9. The van der Waals surface area contributed by atoms with E-state index in [1.54, 1.807) is 24.3 Å². The van der Waals surface area contributed by atoms with Gasteiger partial charge in [0.2, 0.25) is 0 Å². The summed E-state index contributed by atoms with van der Waals surface area (Å²) in [5.41, 5.74) is -1.49. The zero-order chi connectivity index (χ0) is 45.4. The monoisotopic (exact) mass is 944 g/mol. The molecule has 0 aromatic carbocycles. The molecule has 0 radical (unpaired) electrons. The van der Waals surface area contributed by atoms with Crippen LogP contribution < -0.4 is 0 Å². The molecule has 20 heteroatoms. The smallest absolute Gasteiger partial charge is 0.306 e. The van der Waals surface area contributed by atoms with Gasteiger partial charge in [-0.1, -0.05) is 24.3 Å². The highest BCUT2D eigenvalue weighted by Crippen LogP contribution is 2.23. The number of esters is 4. The molecule has 0 amide bonds. The van der Waals surface area contributed by atoms with E-state index in [9.17, 15) is 39.6 Å². The van der Waals surface area contributed by atoms with Gasteiger partial charge in [-0.15, -0.1) is 26.3 Å². The molecule has 0 saturated carbocycles. The van der Waals surface area contributed by atoms with E-state index in [-0.39, 0.29) is 52.1 Å². The molecular formula is C41H68O16S4. The Balaban J connectivity index is 5.73. The van der Waals surface area contributed by atoms with E-state index in [4.69, 9.17) is 37.9 Å². The first-order valence-corrected chi connectivity index (χ1v) is 24.4. The van der Waals surface area contributed by atoms with Crippen LogP contribution in [0, 0.1) is 5.41 Å². The van der Waals surface area contributed by atoms with Gasteiger partial charge in [0.1, 0.15) is 31.8 Å². The van der Waals surface area contributed by atoms with Crippen LogP contribution in [0.4, 0.5) is 0 Å². The van der Waals surface area contributed by atoms with Crippen molar-refractivity contribution >= 4 is 70.9 Å². The van der Waals surface area contributed by atoms with Gasteiger partial charge in [-0.05, 0) is 0 Å². The van der Waals surface area contributed by atoms with E-state index < -0.39 is 80.1 Å². The van der Waals surface area contributed by atoms with E-state index in [1.165, 1.54) is 47.0 Å². The molecule has 0 saturated heterocycles. The SMILES string of the molecule is C=CCOCC(O)CSCCC(=O)OCC(COC(=O)CCSCC(O)COCC=C)(COC(=O)CCSCC(O)COCC=C)COC(=O)CCSCC(O)COCC=C. The molecule has 61 heavy (non-hydrogen) atoms. The summed E-state index contributed by atoms with van der Waals surface area (Å²) >= 11 is 5.28. The van der Waals surface area contributed by atoms with Gasteiger partial charge in [0.15, 0.2) is 0 Å². The number of carbonyl (C=O) groups is 4. The standard InChI is InChI=1S/C41H68O16S4/c1-5-13-50-21-33(42)25-58-17-9-37(46)54-29-41(30-55-38(47)10-18-59-26-34(43)22-51-14-6-2,31-56-39(48)11-19-60-27-35(44)23-52-15-7-3)32-57-40(49)12-20-61-28-36(45)24-53-16-8-4/h5-8,33-36,42-45H,1-4,9-32H2. The Hall–Kier alpha value is -2.08. The lowest BCUT2D eigenvalue weighted by molar-refractivity contribution is -0.170. The summed E-state index contributed by atoms with van der Waals surface area (Å²) in [6.45, 7) is 14.1. The van der Waals surface area contributed by atoms with E-state index >= 15 is 0 Å². The molecule has 352 valence electrons. The van der Waals surface area contributed by atoms with Crippen LogP contribution in [-0.2, 0) is 57.1 Å². The average molecular weight is 945 g/mol. The number of hydrogen-bond acceptors (Lipinski definition) is 20. The fourth-order valence-electron chi connectivity index (χ4n) is 4.31. The molecule has 0 aromatic heterocycles. The number of carbonyl (C=O) groups excluding carboxylic acids is 4. The fraction of sp³-hybridized carbons (Fsp3) is 0.707. The molecule has 0 bridgehead atoms. The highest BCUT2D eigenvalue weighted by Gasteiger charge is 2.38. The Morgan fingerprint density at radius 3 is 0.836 bits per heavy atom. The van der Waals surface area contributed by atoms with Crippen molar-refractivity contribution in [1.82, 2.24) is 0 Å². The van der Waals surface area contributed by atoms with Crippen LogP contribution in [0.25, 0.3) is 0 Å². The molecule has 0 aliphatic heterocycles. The Bertz CT molecular complexity index is 1030. The lowest BCUT2D eigenvalue weighted by Gasteiger charge is -2.31. The number of aliphatic hydroxyl groups is 4. The summed E-state index contributed by atoms with van der Waals surface area (Å²) in [6, 6.07) is 0. The molecular weight excluding hydrogens is 877 g/mol. The van der Waals surface area contributed by atoms with Crippen molar-refractivity contribution in [3.63, 3.8) is 0 Å². The van der Waals surface area contributed by atoms with Crippen molar-refractivity contribution in [3.05, 3.63) is 50.6 Å². The van der Waals surface area contributed by atoms with Crippen molar-refractivity contribution in [2.24, 2.45) is 5.41 Å². The van der Waals surface area contributed by atoms with Gasteiger partial charge in [0, 0.05) is 46.0 Å². The second-order valence-electron chi connectivity index (χ2n) is 13.4. The lowest BCUT2D eigenvalue weighted by atomic mass is 9.92. The number of hydrogen-bond donors (Lipinski definition) is 4. The summed E-state index contributed by atoms with van der Waals surface area (Å²) < 4.78 is 43.4. The third-order valence-electron chi connectivity index (χ3n) is 7.38. The molecule has 4 unspecified atom stereocenters. The average Bonchev–Trinajstić information content (AvgIpc) is 3.24. The third kappa shape index (κ3) is 37.0. The van der Waals surface area contributed by atoms with Gasteiger partial charge in [-0.25, -0.2) is 0 Å². The van der Waals surface area contributed by atoms with Gasteiger partial charge in [0.25, 0.3) is 0 Å². The van der Waals surface area contributed by atoms with Gasteiger partial charge in [0.05, 0.1) is 103 Å². The van der Waals surface area contributed by atoms with Crippen molar-refractivity contribution in [3.8, 4) is 0 Å². The normalized spacial score (nSPS) is 14.1. The topological polar surface area (TPSA) is 223 Å². The van der Waals surface area contributed by atoms with Crippen LogP contribution in [0.5, 0.6) is 0 Å². The first kappa shape index (κ1) is 58.9. The van der Waals surface area contributed by atoms with E-state index in [2.05, 4.69) is 26.3 Å². The van der Waals surface area contributed by atoms with Crippen LogP contribution in [0.3, 0.4) is 0 Å². The Kier molecular flexibility index (Phi) is 39.3. The van der Waals surface area contributed by atoms with Crippen LogP contribution in [0.2, 0.25) is 0 Å². The summed E-state index contributed by atoms with van der Waals surface area (Å²) in [6.07, 6.45) is 3.17. The van der Waals surface area contributed by atoms with Crippen LogP contribution in [-0.4, -0.2) is 194 Å². The fourth-order valence-corrected chi connectivity index (χ4v) is 7.70.